The summed E-state index contributed by atoms with van der Waals surface area (Å²) in [4.78, 5) is 17.0. The minimum atomic E-state index is 0. The Morgan fingerprint density at radius 1 is 1.25 bits per heavy atom. The van der Waals surface area contributed by atoms with Gasteiger partial charge in [-0.1, -0.05) is 0 Å². The van der Waals surface area contributed by atoms with E-state index < -0.39 is 0 Å². The monoisotopic (exact) mass is 341 g/mol. The number of fused-ring (bicyclic) bond motifs is 1. The van der Waals surface area contributed by atoms with Crippen LogP contribution in [-0.2, 0) is 4.79 Å². The van der Waals surface area contributed by atoms with Gasteiger partial charge < -0.3 is 10.2 Å². The van der Waals surface area contributed by atoms with Crippen LogP contribution < -0.4 is 5.32 Å². The van der Waals surface area contributed by atoms with E-state index in [0.717, 1.165) is 31.9 Å². The van der Waals surface area contributed by atoms with Crippen LogP contribution in [0.5, 0.6) is 0 Å². The number of carbonyl (C=O) groups is 1. The van der Waals surface area contributed by atoms with Gasteiger partial charge in [-0.2, -0.15) is 11.8 Å². The molecule has 0 aliphatic carbocycles. The smallest absolute Gasteiger partial charge is 0.224 e. The molecule has 4 nitrogen and oxygen atoms in total. The zero-order chi connectivity index (χ0) is 12.4. The summed E-state index contributed by atoms with van der Waals surface area (Å²) in [6.07, 6.45) is 3.29. The van der Waals surface area contributed by atoms with Gasteiger partial charge in [0.2, 0.25) is 5.91 Å². The Kier molecular flexibility index (Phi) is 7.98. The Morgan fingerprint density at radius 3 is 2.85 bits per heavy atom. The van der Waals surface area contributed by atoms with Crippen molar-refractivity contribution in [2.75, 3.05) is 44.2 Å². The average Bonchev–Trinajstić information content (AvgIpc) is 2.87. The molecule has 3 aliphatic heterocycles. The number of hydrogen-bond donors (Lipinski definition) is 1. The lowest BCUT2D eigenvalue weighted by Gasteiger charge is -2.38. The summed E-state index contributed by atoms with van der Waals surface area (Å²) in [6, 6.07) is 1.05. The lowest BCUT2D eigenvalue weighted by Crippen LogP contribution is -2.53. The first-order chi connectivity index (χ1) is 8.83. The minimum absolute atomic E-state index is 0. The van der Waals surface area contributed by atoms with Gasteiger partial charge in [0.05, 0.1) is 0 Å². The van der Waals surface area contributed by atoms with Crippen molar-refractivity contribution in [2.45, 2.75) is 31.3 Å². The number of piperazine rings is 1. The molecule has 2 atom stereocenters. The molecule has 3 rings (SSSR count). The summed E-state index contributed by atoms with van der Waals surface area (Å²) in [5.41, 5.74) is 0. The maximum Gasteiger partial charge on any atom is 0.224 e. The molecule has 118 valence electrons. The van der Waals surface area contributed by atoms with Crippen LogP contribution in [-0.4, -0.2) is 72.0 Å². The maximum absolute atomic E-state index is 12.3. The van der Waals surface area contributed by atoms with Gasteiger partial charge >= 0.3 is 0 Å². The highest BCUT2D eigenvalue weighted by Gasteiger charge is 2.33. The van der Waals surface area contributed by atoms with Crippen molar-refractivity contribution in [3.05, 3.63) is 0 Å². The second-order valence-electron chi connectivity index (χ2n) is 5.60. The van der Waals surface area contributed by atoms with Crippen molar-refractivity contribution in [1.29, 1.82) is 0 Å². The Balaban J connectivity index is 0.000001000. The van der Waals surface area contributed by atoms with E-state index in [4.69, 9.17) is 0 Å². The molecule has 7 heteroatoms. The Hall–Kier alpha value is 0.320. The molecule has 1 amide bonds. The summed E-state index contributed by atoms with van der Waals surface area (Å²) < 4.78 is 0. The minimum Gasteiger partial charge on any atom is -0.340 e. The second kappa shape index (κ2) is 8.69. The third-order valence-electron chi connectivity index (χ3n) is 4.36. The van der Waals surface area contributed by atoms with Crippen molar-refractivity contribution in [1.82, 2.24) is 15.1 Å². The van der Waals surface area contributed by atoms with E-state index in [2.05, 4.69) is 15.1 Å². The van der Waals surface area contributed by atoms with Crippen LogP contribution >= 0.6 is 36.6 Å². The molecule has 3 saturated heterocycles. The van der Waals surface area contributed by atoms with Crippen molar-refractivity contribution < 1.29 is 4.79 Å². The number of thioether (sulfide) groups is 1. The van der Waals surface area contributed by atoms with Gasteiger partial charge in [0.25, 0.3) is 0 Å². The van der Waals surface area contributed by atoms with Gasteiger partial charge in [-0.15, -0.1) is 24.8 Å². The molecule has 0 bridgehead atoms. The number of hydrogen-bond acceptors (Lipinski definition) is 4. The normalized spacial score (nSPS) is 30.1. The van der Waals surface area contributed by atoms with E-state index in [1.807, 2.05) is 11.8 Å². The third-order valence-corrected chi connectivity index (χ3v) is 5.49. The summed E-state index contributed by atoms with van der Waals surface area (Å²) in [5.74, 6) is 2.64. The summed E-state index contributed by atoms with van der Waals surface area (Å²) in [5, 5.41) is 3.46. The largest absolute Gasteiger partial charge is 0.340 e. The zero-order valence-corrected chi connectivity index (χ0v) is 14.2. The molecule has 3 aliphatic rings. The molecular formula is C13H25Cl2N3OS. The van der Waals surface area contributed by atoms with E-state index in [1.54, 1.807) is 0 Å². The molecule has 3 heterocycles. The number of carbonyl (C=O) groups excluding carboxylic acids is 1. The van der Waals surface area contributed by atoms with Gasteiger partial charge in [-0.25, -0.2) is 0 Å². The van der Waals surface area contributed by atoms with Crippen LogP contribution in [0.15, 0.2) is 0 Å². The SMILES string of the molecule is Cl.Cl.O=C(CC1CSCCN1)N1CCN2CCCC2C1. The first-order valence-corrected chi connectivity index (χ1v) is 8.31. The lowest BCUT2D eigenvalue weighted by atomic mass is 10.1. The maximum atomic E-state index is 12.3. The molecule has 0 aromatic carbocycles. The van der Waals surface area contributed by atoms with Crippen LogP contribution in [0.4, 0.5) is 0 Å². The standard InChI is InChI=1S/C13H23N3OS.2ClH/c17-13(8-11-10-18-7-3-14-11)16-6-5-15-4-1-2-12(15)9-16;;/h11-12,14H,1-10H2;2*1H. The van der Waals surface area contributed by atoms with Crippen molar-refractivity contribution in [3.8, 4) is 0 Å². The highest BCUT2D eigenvalue weighted by atomic mass is 35.5. The van der Waals surface area contributed by atoms with E-state index in [9.17, 15) is 4.79 Å². The molecular weight excluding hydrogens is 317 g/mol. The van der Waals surface area contributed by atoms with Crippen LogP contribution in [0.2, 0.25) is 0 Å². The predicted octanol–water partition coefficient (Wildman–Crippen LogP) is 1.23. The van der Waals surface area contributed by atoms with E-state index in [-0.39, 0.29) is 24.8 Å². The molecule has 2 unspecified atom stereocenters. The molecule has 0 aromatic rings. The van der Waals surface area contributed by atoms with E-state index in [1.165, 1.54) is 25.1 Å². The van der Waals surface area contributed by atoms with Crippen LogP contribution in [0.3, 0.4) is 0 Å². The highest BCUT2D eigenvalue weighted by Crippen LogP contribution is 2.22. The molecule has 0 aromatic heterocycles. The highest BCUT2D eigenvalue weighted by molar-refractivity contribution is 7.99. The Morgan fingerprint density at radius 2 is 2.10 bits per heavy atom. The van der Waals surface area contributed by atoms with Crippen molar-refractivity contribution in [3.63, 3.8) is 0 Å². The summed E-state index contributed by atoms with van der Waals surface area (Å²) >= 11 is 1.97. The summed E-state index contributed by atoms with van der Waals surface area (Å²) in [7, 11) is 0. The quantitative estimate of drug-likeness (QED) is 0.819. The molecule has 0 spiro atoms. The predicted molar refractivity (Wildman–Crippen MR) is 89.4 cm³/mol. The molecule has 0 saturated carbocycles. The fourth-order valence-corrected chi connectivity index (χ4v) is 4.26. The van der Waals surface area contributed by atoms with Gasteiger partial charge in [0, 0.05) is 56.2 Å². The number of nitrogens with one attached hydrogen (secondary N) is 1. The number of rotatable bonds is 2. The van der Waals surface area contributed by atoms with Gasteiger partial charge in [-0.3, -0.25) is 9.69 Å². The molecule has 20 heavy (non-hydrogen) atoms. The fourth-order valence-electron chi connectivity index (χ4n) is 3.31. The number of amides is 1. The van der Waals surface area contributed by atoms with Gasteiger partial charge in [0.1, 0.15) is 0 Å². The van der Waals surface area contributed by atoms with Crippen LogP contribution in [0, 0.1) is 0 Å². The Labute approximate surface area is 138 Å². The number of halogens is 2. The Bertz CT molecular complexity index is 316. The van der Waals surface area contributed by atoms with Crippen LogP contribution in [0.1, 0.15) is 19.3 Å². The fraction of sp³-hybridized carbons (Fsp3) is 0.923. The summed E-state index contributed by atoms with van der Waals surface area (Å²) in [6.45, 7) is 5.30. The second-order valence-corrected chi connectivity index (χ2v) is 6.75. The first kappa shape index (κ1) is 18.4. The van der Waals surface area contributed by atoms with Crippen molar-refractivity contribution in [2.24, 2.45) is 0 Å². The third kappa shape index (κ3) is 4.41. The van der Waals surface area contributed by atoms with E-state index in [0.29, 0.717) is 24.4 Å². The number of nitrogens with zero attached hydrogens (tertiary/aromatic N) is 2. The van der Waals surface area contributed by atoms with E-state index >= 15 is 0 Å². The average molecular weight is 342 g/mol. The van der Waals surface area contributed by atoms with Crippen molar-refractivity contribution >= 4 is 42.5 Å². The lowest BCUT2D eigenvalue weighted by molar-refractivity contribution is -0.134. The molecule has 0 radical (unpaired) electrons. The van der Waals surface area contributed by atoms with Gasteiger partial charge in [0.15, 0.2) is 0 Å². The van der Waals surface area contributed by atoms with Gasteiger partial charge in [-0.05, 0) is 19.4 Å². The first-order valence-electron chi connectivity index (χ1n) is 7.16. The molecule has 3 fully saturated rings. The molecule has 1 N–H and O–H groups in total. The van der Waals surface area contributed by atoms with Crippen LogP contribution in [0.25, 0.3) is 0 Å². The zero-order valence-electron chi connectivity index (χ0n) is 11.8. The topological polar surface area (TPSA) is 35.6 Å².